The molecule has 0 aliphatic heterocycles. The summed E-state index contributed by atoms with van der Waals surface area (Å²) in [5, 5.41) is 10.7. The number of ether oxygens (including phenoxy) is 1. The van der Waals surface area contributed by atoms with Crippen LogP contribution in [-0.2, 0) is 9.59 Å². The molecule has 5 nitrogen and oxygen atoms in total. The molecule has 1 unspecified atom stereocenters. The van der Waals surface area contributed by atoms with E-state index in [2.05, 4.69) is 5.32 Å². The van der Waals surface area contributed by atoms with E-state index < -0.39 is 5.97 Å². The lowest BCUT2D eigenvalue weighted by Crippen LogP contribution is -2.30. The van der Waals surface area contributed by atoms with Crippen LogP contribution in [0.15, 0.2) is 30.3 Å². The summed E-state index contributed by atoms with van der Waals surface area (Å²) in [4.78, 5) is 21.5. The fourth-order valence-electron chi connectivity index (χ4n) is 1.39. The number of hydrogen-bond donors (Lipinski definition) is 2. The number of nitrogens with one attached hydrogen (secondary N) is 1. The highest BCUT2D eigenvalue weighted by molar-refractivity contribution is 5.81. The lowest BCUT2D eigenvalue weighted by Gasteiger charge is -2.14. The van der Waals surface area contributed by atoms with Gasteiger partial charge in [-0.25, -0.2) is 0 Å². The second kappa shape index (κ2) is 7.32. The second-order valence-electron chi connectivity index (χ2n) is 3.95. The Kier molecular flexibility index (Phi) is 5.70. The third kappa shape index (κ3) is 5.89. The third-order valence-corrected chi connectivity index (χ3v) is 2.30. The molecule has 0 aromatic heterocycles. The van der Waals surface area contributed by atoms with Gasteiger partial charge in [-0.05, 0) is 25.5 Å². The van der Waals surface area contributed by atoms with E-state index in [4.69, 9.17) is 9.84 Å². The molecule has 0 aliphatic carbocycles. The molecule has 0 heterocycles. The zero-order valence-electron chi connectivity index (χ0n) is 10.3. The van der Waals surface area contributed by atoms with Gasteiger partial charge >= 0.3 is 5.97 Å². The van der Waals surface area contributed by atoms with Gasteiger partial charge < -0.3 is 15.2 Å². The van der Waals surface area contributed by atoms with Gasteiger partial charge in [-0.1, -0.05) is 18.2 Å². The first-order valence-corrected chi connectivity index (χ1v) is 5.78. The van der Waals surface area contributed by atoms with Crippen LogP contribution in [0.3, 0.4) is 0 Å². The van der Waals surface area contributed by atoms with Crippen LogP contribution >= 0.6 is 0 Å². The molecule has 0 bridgehead atoms. The van der Waals surface area contributed by atoms with Crippen molar-refractivity contribution in [1.29, 1.82) is 0 Å². The van der Waals surface area contributed by atoms with Gasteiger partial charge in [-0.15, -0.1) is 0 Å². The Morgan fingerprint density at radius 2 is 2.00 bits per heavy atom. The van der Waals surface area contributed by atoms with E-state index in [0.29, 0.717) is 6.42 Å². The summed E-state index contributed by atoms with van der Waals surface area (Å²) in [5.41, 5.74) is 0. The van der Waals surface area contributed by atoms with Crippen LogP contribution in [0.5, 0.6) is 5.75 Å². The highest BCUT2D eigenvalue weighted by Gasteiger charge is 2.08. The van der Waals surface area contributed by atoms with Crippen molar-refractivity contribution in [1.82, 2.24) is 5.32 Å². The molecule has 0 fully saturated rings. The number of rotatable bonds is 7. The highest BCUT2D eigenvalue weighted by Crippen LogP contribution is 2.12. The molecule has 1 aromatic carbocycles. The molecule has 0 saturated carbocycles. The fraction of sp³-hybridized carbons (Fsp3) is 0.385. The molecular weight excluding hydrogens is 234 g/mol. The van der Waals surface area contributed by atoms with E-state index >= 15 is 0 Å². The number of hydrogen-bond acceptors (Lipinski definition) is 3. The zero-order valence-corrected chi connectivity index (χ0v) is 10.3. The second-order valence-corrected chi connectivity index (χ2v) is 3.95. The average molecular weight is 251 g/mol. The largest absolute Gasteiger partial charge is 0.491 e. The van der Waals surface area contributed by atoms with Gasteiger partial charge in [0.2, 0.25) is 5.91 Å². The number of carbonyl (C=O) groups is 2. The van der Waals surface area contributed by atoms with Crippen molar-refractivity contribution in [2.75, 3.05) is 6.54 Å². The number of carbonyl (C=O) groups excluding carboxylic acids is 1. The van der Waals surface area contributed by atoms with Crippen molar-refractivity contribution in [3.05, 3.63) is 30.3 Å². The average Bonchev–Trinajstić information content (AvgIpc) is 2.35. The lowest BCUT2D eigenvalue weighted by molar-refractivity contribution is -0.138. The van der Waals surface area contributed by atoms with Crippen LogP contribution in [0.25, 0.3) is 0 Å². The van der Waals surface area contributed by atoms with Crippen LogP contribution < -0.4 is 10.1 Å². The normalized spacial score (nSPS) is 11.6. The first-order valence-electron chi connectivity index (χ1n) is 5.78. The Labute approximate surface area is 106 Å². The zero-order chi connectivity index (χ0) is 13.4. The maximum Gasteiger partial charge on any atom is 0.322 e. The quantitative estimate of drug-likeness (QED) is 0.768. The predicted molar refractivity (Wildman–Crippen MR) is 66.4 cm³/mol. The summed E-state index contributed by atoms with van der Waals surface area (Å²) >= 11 is 0. The van der Waals surface area contributed by atoms with Crippen molar-refractivity contribution in [2.24, 2.45) is 0 Å². The van der Waals surface area contributed by atoms with Gasteiger partial charge in [0.25, 0.3) is 0 Å². The van der Waals surface area contributed by atoms with Gasteiger partial charge in [-0.3, -0.25) is 9.59 Å². The van der Waals surface area contributed by atoms with Crippen molar-refractivity contribution < 1.29 is 19.4 Å². The van der Waals surface area contributed by atoms with E-state index in [1.807, 2.05) is 37.3 Å². The van der Waals surface area contributed by atoms with Crippen LogP contribution in [0, 0.1) is 0 Å². The Hall–Kier alpha value is -2.04. The van der Waals surface area contributed by atoms with Gasteiger partial charge in [0.15, 0.2) is 0 Å². The van der Waals surface area contributed by atoms with Crippen LogP contribution in [-0.4, -0.2) is 29.6 Å². The summed E-state index contributed by atoms with van der Waals surface area (Å²) in [7, 11) is 0. The van der Waals surface area contributed by atoms with E-state index in [0.717, 1.165) is 5.75 Å². The minimum absolute atomic E-state index is 0.0945. The topological polar surface area (TPSA) is 75.6 Å². The summed E-state index contributed by atoms with van der Waals surface area (Å²) in [6.45, 7) is 1.53. The van der Waals surface area contributed by atoms with Crippen molar-refractivity contribution in [3.63, 3.8) is 0 Å². The van der Waals surface area contributed by atoms with Crippen molar-refractivity contribution in [3.8, 4) is 5.75 Å². The molecule has 5 heteroatoms. The maximum atomic E-state index is 11.3. The molecule has 1 rings (SSSR count). The van der Waals surface area contributed by atoms with Gasteiger partial charge in [0, 0.05) is 6.42 Å². The first-order chi connectivity index (χ1) is 8.58. The van der Waals surface area contributed by atoms with Gasteiger partial charge in [0.05, 0.1) is 6.10 Å². The molecule has 0 saturated heterocycles. The minimum Gasteiger partial charge on any atom is -0.491 e. The Balaban J connectivity index is 2.22. The molecule has 2 N–H and O–H groups in total. The fourth-order valence-corrected chi connectivity index (χ4v) is 1.39. The predicted octanol–water partition coefficient (Wildman–Crippen LogP) is 1.43. The summed E-state index contributed by atoms with van der Waals surface area (Å²) < 4.78 is 5.59. The molecule has 98 valence electrons. The molecule has 1 aromatic rings. The van der Waals surface area contributed by atoms with Crippen LogP contribution in [0.2, 0.25) is 0 Å². The SMILES string of the molecule is CC(CCC(=O)NCC(=O)O)Oc1ccccc1. The summed E-state index contributed by atoms with van der Waals surface area (Å²) in [6.07, 6.45) is 0.699. The van der Waals surface area contributed by atoms with Gasteiger partial charge in [0.1, 0.15) is 12.3 Å². The number of carboxylic acid groups (broad SMARTS) is 1. The number of aliphatic carboxylic acids is 1. The number of benzene rings is 1. The lowest BCUT2D eigenvalue weighted by atomic mass is 10.2. The van der Waals surface area contributed by atoms with E-state index in [1.165, 1.54) is 0 Å². The standard InChI is InChI=1S/C13H17NO4/c1-10(18-11-5-3-2-4-6-11)7-8-12(15)14-9-13(16)17/h2-6,10H,7-9H2,1H3,(H,14,15)(H,16,17). The van der Waals surface area contributed by atoms with Crippen LogP contribution in [0.1, 0.15) is 19.8 Å². The van der Waals surface area contributed by atoms with E-state index in [-0.39, 0.29) is 25.0 Å². The number of carboxylic acids is 1. The van der Waals surface area contributed by atoms with Crippen molar-refractivity contribution >= 4 is 11.9 Å². The van der Waals surface area contributed by atoms with Crippen LogP contribution in [0.4, 0.5) is 0 Å². The Morgan fingerprint density at radius 3 is 2.61 bits per heavy atom. The molecule has 0 spiro atoms. The van der Waals surface area contributed by atoms with E-state index in [1.54, 1.807) is 0 Å². The number of para-hydroxylation sites is 1. The number of amides is 1. The summed E-state index contributed by atoms with van der Waals surface area (Å²) in [6, 6.07) is 9.35. The maximum absolute atomic E-state index is 11.3. The molecule has 1 amide bonds. The molecule has 1 atom stereocenters. The van der Waals surface area contributed by atoms with Crippen molar-refractivity contribution in [2.45, 2.75) is 25.9 Å². The minimum atomic E-state index is -1.04. The Bertz CT molecular complexity index is 391. The third-order valence-electron chi connectivity index (χ3n) is 2.30. The first kappa shape index (κ1) is 14.0. The summed E-state index contributed by atoms with van der Waals surface area (Å²) in [5.74, 6) is -0.561. The van der Waals surface area contributed by atoms with Gasteiger partial charge in [-0.2, -0.15) is 0 Å². The monoisotopic (exact) mass is 251 g/mol. The Morgan fingerprint density at radius 1 is 1.33 bits per heavy atom. The highest BCUT2D eigenvalue weighted by atomic mass is 16.5. The molecule has 0 aliphatic rings. The molecule has 0 radical (unpaired) electrons. The molecular formula is C13H17NO4. The van der Waals surface area contributed by atoms with E-state index in [9.17, 15) is 9.59 Å². The molecule has 18 heavy (non-hydrogen) atoms. The smallest absolute Gasteiger partial charge is 0.322 e.